The molecule has 0 N–H and O–H groups in total. The normalized spacial score (nSPS) is 12.8. The zero-order chi connectivity index (χ0) is 21.7. The Morgan fingerprint density at radius 3 is 2.00 bits per heavy atom. The van der Waals surface area contributed by atoms with E-state index in [1.54, 1.807) is 12.1 Å². The smallest absolute Gasteiger partial charge is 0.289 e. The number of aromatic nitrogens is 2. The predicted octanol–water partition coefficient (Wildman–Crippen LogP) is 4.83. The van der Waals surface area contributed by atoms with Crippen molar-refractivity contribution in [2.75, 3.05) is 0 Å². The molecule has 0 unspecified atom stereocenters. The maximum Gasteiger partial charge on any atom is 0.289 e. The molecule has 1 aliphatic rings. The Labute approximate surface area is 181 Å². The van der Waals surface area contributed by atoms with Crippen molar-refractivity contribution in [3.8, 4) is 11.8 Å². The lowest BCUT2D eigenvalue weighted by Crippen LogP contribution is -2.00. The number of nitrogens with zero attached hydrogens (tertiary/aromatic N) is 2. The van der Waals surface area contributed by atoms with Crippen molar-refractivity contribution in [2.45, 2.75) is 0 Å². The highest BCUT2D eigenvalue weighted by Crippen LogP contribution is 2.32. The molecule has 32 heavy (non-hydrogen) atoms. The SMILES string of the molecule is O=C1C(=Cc2nc3oc(C#Cc4ccccc4)nc3o2)C(=O)c2cc3ccccc3cc21. The summed E-state index contributed by atoms with van der Waals surface area (Å²) < 4.78 is 11.1. The van der Waals surface area contributed by atoms with Crippen molar-refractivity contribution in [3.05, 3.63) is 101 Å². The van der Waals surface area contributed by atoms with Crippen molar-refractivity contribution in [2.24, 2.45) is 0 Å². The van der Waals surface area contributed by atoms with Crippen LogP contribution in [0.1, 0.15) is 38.1 Å². The lowest BCUT2D eigenvalue weighted by atomic mass is 10.0. The molecule has 3 aromatic carbocycles. The standard InChI is InChI=1S/C26H12N2O4/c29-23-18-12-16-8-4-5-9-17(16)13-19(18)24(30)20(23)14-22-28-26-25(32-22)27-21(31-26)11-10-15-6-2-1-3-7-15/h1-9,12-14H. The monoisotopic (exact) mass is 416 g/mol. The molecule has 150 valence electrons. The number of carbonyl (C=O) groups excluding carboxylic acids is 2. The number of oxazole rings is 2. The number of rotatable bonds is 1. The van der Waals surface area contributed by atoms with Crippen LogP contribution in [0.25, 0.3) is 28.3 Å². The molecule has 1 aliphatic carbocycles. The molecule has 2 heterocycles. The van der Waals surface area contributed by atoms with Crippen LogP contribution in [-0.2, 0) is 0 Å². The molecule has 0 spiro atoms. The molecule has 0 saturated carbocycles. The van der Waals surface area contributed by atoms with Gasteiger partial charge in [-0.25, -0.2) is 0 Å². The number of Topliss-reactive ketones (excluding diaryl/α,β-unsaturated/α-hetero) is 2. The second-order valence-electron chi connectivity index (χ2n) is 7.26. The van der Waals surface area contributed by atoms with Gasteiger partial charge in [0.1, 0.15) is 0 Å². The molecule has 0 amide bonds. The third kappa shape index (κ3) is 2.92. The van der Waals surface area contributed by atoms with Gasteiger partial charge in [-0.05, 0) is 41.0 Å². The van der Waals surface area contributed by atoms with Gasteiger partial charge in [0.05, 0.1) is 5.57 Å². The summed E-state index contributed by atoms with van der Waals surface area (Å²) in [7, 11) is 0. The van der Waals surface area contributed by atoms with E-state index in [-0.39, 0.29) is 40.3 Å². The number of carbonyl (C=O) groups is 2. The van der Waals surface area contributed by atoms with Gasteiger partial charge in [-0.3, -0.25) is 9.59 Å². The van der Waals surface area contributed by atoms with Gasteiger partial charge in [0.25, 0.3) is 17.3 Å². The molecule has 0 aliphatic heterocycles. The van der Waals surface area contributed by atoms with Crippen LogP contribution < -0.4 is 0 Å². The summed E-state index contributed by atoms with van der Waals surface area (Å²) in [6, 6.07) is 20.5. The number of hydrogen-bond donors (Lipinski definition) is 0. The van der Waals surface area contributed by atoms with E-state index in [1.165, 1.54) is 6.08 Å². The number of benzene rings is 3. The van der Waals surface area contributed by atoms with E-state index in [0.29, 0.717) is 11.1 Å². The lowest BCUT2D eigenvalue weighted by Gasteiger charge is -2.00. The molecule has 2 aromatic heterocycles. The molecule has 0 bridgehead atoms. The first kappa shape index (κ1) is 18.0. The zero-order valence-corrected chi connectivity index (χ0v) is 16.5. The largest absolute Gasteiger partial charge is 0.415 e. The highest BCUT2D eigenvalue weighted by Gasteiger charge is 2.34. The fourth-order valence-corrected chi connectivity index (χ4v) is 3.68. The highest BCUT2D eigenvalue weighted by molar-refractivity contribution is 6.41. The van der Waals surface area contributed by atoms with Crippen LogP contribution in [0.2, 0.25) is 0 Å². The van der Waals surface area contributed by atoms with E-state index in [4.69, 9.17) is 8.83 Å². The number of fused-ring (bicyclic) bond motifs is 3. The molecule has 5 aromatic rings. The van der Waals surface area contributed by atoms with Crippen LogP contribution in [0, 0.1) is 11.8 Å². The average Bonchev–Trinajstić information content (AvgIpc) is 3.44. The van der Waals surface area contributed by atoms with Gasteiger partial charge in [0.15, 0.2) is 11.6 Å². The zero-order valence-electron chi connectivity index (χ0n) is 16.5. The summed E-state index contributed by atoms with van der Waals surface area (Å²) >= 11 is 0. The van der Waals surface area contributed by atoms with E-state index in [2.05, 4.69) is 21.8 Å². The molecule has 0 saturated heterocycles. The second kappa shape index (κ2) is 6.89. The van der Waals surface area contributed by atoms with E-state index < -0.39 is 0 Å². The summed E-state index contributed by atoms with van der Waals surface area (Å²) in [5, 5.41) is 1.80. The predicted molar refractivity (Wildman–Crippen MR) is 117 cm³/mol. The van der Waals surface area contributed by atoms with Crippen LogP contribution in [0.4, 0.5) is 0 Å². The van der Waals surface area contributed by atoms with Gasteiger partial charge in [-0.2, -0.15) is 9.97 Å². The van der Waals surface area contributed by atoms with E-state index in [1.807, 2.05) is 54.6 Å². The fourth-order valence-electron chi connectivity index (χ4n) is 3.68. The van der Waals surface area contributed by atoms with E-state index in [0.717, 1.165) is 16.3 Å². The average molecular weight is 416 g/mol. The van der Waals surface area contributed by atoms with Crippen molar-refractivity contribution in [1.82, 2.24) is 9.97 Å². The summed E-state index contributed by atoms with van der Waals surface area (Å²) in [6.45, 7) is 0. The first-order valence-corrected chi connectivity index (χ1v) is 9.84. The molecular weight excluding hydrogens is 404 g/mol. The quantitative estimate of drug-likeness (QED) is 0.221. The Bertz CT molecular complexity index is 1570. The van der Waals surface area contributed by atoms with Crippen LogP contribution in [0.15, 0.2) is 81.1 Å². The fraction of sp³-hybridized carbons (Fsp3) is 0. The van der Waals surface area contributed by atoms with Gasteiger partial charge in [0, 0.05) is 22.8 Å². The van der Waals surface area contributed by atoms with Gasteiger partial charge in [0.2, 0.25) is 5.89 Å². The molecule has 6 heteroatoms. The molecule has 0 atom stereocenters. The Balaban J connectivity index is 1.33. The molecule has 0 fully saturated rings. The Morgan fingerprint density at radius 1 is 0.719 bits per heavy atom. The summed E-state index contributed by atoms with van der Waals surface area (Å²) in [6.07, 6.45) is 1.34. The number of allylic oxidation sites excluding steroid dienone is 1. The van der Waals surface area contributed by atoms with Crippen molar-refractivity contribution in [3.63, 3.8) is 0 Å². The summed E-state index contributed by atoms with van der Waals surface area (Å²) in [4.78, 5) is 34.1. The minimum Gasteiger partial charge on any atom is -0.415 e. The highest BCUT2D eigenvalue weighted by atomic mass is 16.4. The van der Waals surface area contributed by atoms with Gasteiger partial charge >= 0.3 is 0 Å². The second-order valence-corrected chi connectivity index (χ2v) is 7.26. The maximum atomic E-state index is 12.9. The summed E-state index contributed by atoms with van der Waals surface area (Å²) in [5.74, 6) is 5.30. The topological polar surface area (TPSA) is 86.2 Å². The maximum absolute atomic E-state index is 12.9. The van der Waals surface area contributed by atoms with Crippen LogP contribution in [-0.4, -0.2) is 21.5 Å². The molecule has 6 rings (SSSR count). The Morgan fingerprint density at radius 2 is 1.34 bits per heavy atom. The minimum atomic E-state index is -0.354. The van der Waals surface area contributed by atoms with Crippen molar-refractivity contribution >= 4 is 39.8 Å². The third-order valence-corrected chi connectivity index (χ3v) is 5.21. The van der Waals surface area contributed by atoms with Crippen molar-refractivity contribution < 1.29 is 18.4 Å². The third-order valence-electron chi connectivity index (χ3n) is 5.21. The first-order chi connectivity index (χ1) is 15.7. The van der Waals surface area contributed by atoms with E-state index in [9.17, 15) is 9.59 Å². The van der Waals surface area contributed by atoms with Gasteiger partial charge in [-0.1, -0.05) is 48.4 Å². The summed E-state index contributed by atoms with van der Waals surface area (Å²) in [5.41, 5.74) is 1.89. The van der Waals surface area contributed by atoms with Gasteiger partial charge in [-0.15, -0.1) is 0 Å². The number of ketones is 2. The Kier molecular flexibility index (Phi) is 3.89. The number of hydrogen-bond acceptors (Lipinski definition) is 6. The van der Waals surface area contributed by atoms with Crippen LogP contribution >= 0.6 is 0 Å². The lowest BCUT2D eigenvalue weighted by molar-refractivity contribution is 0.0990. The van der Waals surface area contributed by atoms with E-state index >= 15 is 0 Å². The Hall–Kier alpha value is -4.76. The molecular formula is C26H12N2O4. The molecule has 6 nitrogen and oxygen atoms in total. The van der Waals surface area contributed by atoms with Gasteiger partial charge < -0.3 is 8.83 Å². The minimum absolute atomic E-state index is 0.00306. The molecule has 0 radical (unpaired) electrons. The first-order valence-electron chi connectivity index (χ1n) is 9.84. The van der Waals surface area contributed by atoms with Crippen LogP contribution in [0.3, 0.4) is 0 Å². The van der Waals surface area contributed by atoms with Crippen molar-refractivity contribution in [1.29, 1.82) is 0 Å². The van der Waals surface area contributed by atoms with Crippen LogP contribution in [0.5, 0.6) is 0 Å².